The summed E-state index contributed by atoms with van der Waals surface area (Å²) in [6, 6.07) is -0.539. The molecular weight excluding hydrogens is 851 g/mol. The van der Waals surface area contributed by atoms with Crippen molar-refractivity contribution in [2.24, 2.45) is 0 Å². The predicted octanol–water partition coefficient (Wildman–Crippen LogP) is 19.9. The summed E-state index contributed by atoms with van der Waals surface area (Å²) in [6.45, 7) is 4.98. The molecule has 6 heteroatoms. The van der Waals surface area contributed by atoms with E-state index in [2.05, 4.69) is 19.2 Å². The van der Waals surface area contributed by atoms with Crippen LogP contribution in [-0.2, 0) is 14.3 Å². The summed E-state index contributed by atoms with van der Waals surface area (Å²) in [4.78, 5) is 24.5. The minimum Gasteiger partial charge on any atom is -0.466 e. The monoisotopic (exact) mass is 976 g/mol. The van der Waals surface area contributed by atoms with Crippen LogP contribution in [0.4, 0.5) is 0 Å². The first kappa shape index (κ1) is 67.9. The first-order valence-electron chi connectivity index (χ1n) is 31.8. The first-order chi connectivity index (χ1) is 34.0. The second kappa shape index (κ2) is 59.4. The molecular formula is C63H125NO5. The van der Waals surface area contributed by atoms with E-state index in [1.807, 2.05) is 0 Å². The lowest BCUT2D eigenvalue weighted by molar-refractivity contribution is -0.143. The Labute approximate surface area is 432 Å². The van der Waals surface area contributed by atoms with Crippen LogP contribution in [0.1, 0.15) is 367 Å². The molecule has 0 saturated carbocycles. The second-order valence-corrected chi connectivity index (χ2v) is 22.1. The number of hydrogen-bond acceptors (Lipinski definition) is 5. The van der Waals surface area contributed by atoms with Gasteiger partial charge in [-0.15, -0.1) is 0 Å². The van der Waals surface area contributed by atoms with Gasteiger partial charge in [-0.1, -0.05) is 328 Å². The maximum absolute atomic E-state index is 12.5. The molecule has 0 bridgehead atoms. The van der Waals surface area contributed by atoms with Crippen LogP contribution in [0.3, 0.4) is 0 Å². The Morgan fingerprint density at radius 1 is 0.348 bits per heavy atom. The highest BCUT2D eigenvalue weighted by molar-refractivity contribution is 5.76. The third kappa shape index (κ3) is 56.0. The topological polar surface area (TPSA) is 95.9 Å². The fourth-order valence-corrected chi connectivity index (χ4v) is 10.3. The predicted molar refractivity (Wildman–Crippen MR) is 301 cm³/mol. The van der Waals surface area contributed by atoms with Crippen LogP contribution >= 0.6 is 0 Å². The van der Waals surface area contributed by atoms with Crippen molar-refractivity contribution in [3.05, 3.63) is 0 Å². The molecule has 1 amide bonds. The third-order valence-corrected chi connectivity index (χ3v) is 15.2. The lowest BCUT2D eigenvalue weighted by atomic mass is 10.0. The van der Waals surface area contributed by atoms with Crippen molar-refractivity contribution in [1.82, 2.24) is 5.32 Å². The fraction of sp³-hybridized carbons (Fsp3) is 0.968. The Kier molecular flexibility index (Phi) is 58.4. The van der Waals surface area contributed by atoms with Gasteiger partial charge >= 0.3 is 5.97 Å². The number of aliphatic hydroxyl groups excluding tert-OH is 2. The largest absolute Gasteiger partial charge is 0.466 e. The second-order valence-electron chi connectivity index (χ2n) is 22.1. The number of ether oxygens (including phenoxy) is 1. The van der Waals surface area contributed by atoms with E-state index >= 15 is 0 Å². The number of aliphatic hydroxyl groups is 2. The summed E-state index contributed by atoms with van der Waals surface area (Å²) in [5, 5.41) is 23.3. The van der Waals surface area contributed by atoms with Crippen LogP contribution in [0, 0.1) is 0 Å². The van der Waals surface area contributed by atoms with Crippen LogP contribution in [0.5, 0.6) is 0 Å². The highest BCUT2D eigenvalue weighted by Crippen LogP contribution is 2.19. The molecule has 6 nitrogen and oxygen atoms in total. The number of amides is 1. The summed E-state index contributed by atoms with van der Waals surface area (Å²) < 4.78 is 5.50. The average Bonchev–Trinajstić information content (AvgIpc) is 3.35. The van der Waals surface area contributed by atoms with Gasteiger partial charge in [-0.2, -0.15) is 0 Å². The Morgan fingerprint density at radius 3 is 0.884 bits per heavy atom. The highest BCUT2D eigenvalue weighted by atomic mass is 16.5. The first-order valence-corrected chi connectivity index (χ1v) is 31.8. The maximum atomic E-state index is 12.5. The molecule has 2 unspecified atom stereocenters. The number of nitrogens with one attached hydrogen (secondary N) is 1. The van der Waals surface area contributed by atoms with Crippen molar-refractivity contribution in [3.63, 3.8) is 0 Å². The fourth-order valence-electron chi connectivity index (χ4n) is 10.3. The van der Waals surface area contributed by atoms with Gasteiger partial charge in [0, 0.05) is 12.8 Å². The standard InChI is InChI=1S/C63H125NO5/c1-3-5-7-9-11-13-15-17-18-29-33-37-41-45-49-53-57-63(68)69-58-54-50-46-42-38-34-30-27-25-23-21-19-20-22-24-26-28-32-36-40-44-48-52-56-62(67)64-60(59-65)61(66)55-51-47-43-39-35-31-16-14-12-10-8-6-4-2/h60-61,65-66H,3-59H2,1-2H3,(H,64,67). The van der Waals surface area contributed by atoms with E-state index in [9.17, 15) is 19.8 Å². The molecule has 0 aliphatic heterocycles. The maximum Gasteiger partial charge on any atom is 0.305 e. The molecule has 0 aromatic carbocycles. The number of carbonyl (C=O) groups excluding carboxylic acids is 2. The molecule has 0 aliphatic rings. The Balaban J connectivity index is 3.33. The van der Waals surface area contributed by atoms with Gasteiger partial charge in [0.05, 0.1) is 25.4 Å². The van der Waals surface area contributed by atoms with Crippen molar-refractivity contribution in [2.45, 2.75) is 379 Å². The summed E-state index contributed by atoms with van der Waals surface area (Å²) in [7, 11) is 0. The molecule has 0 heterocycles. The molecule has 0 aromatic rings. The smallest absolute Gasteiger partial charge is 0.305 e. The van der Waals surface area contributed by atoms with E-state index in [0.29, 0.717) is 25.9 Å². The van der Waals surface area contributed by atoms with Gasteiger partial charge in [-0.3, -0.25) is 9.59 Å². The molecule has 0 fully saturated rings. The summed E-state index contributed by atoms with van der Waals surface area (Å²) in [5.41, 5.74) is 0. The lowest BCUT2D eigenvalue weighted by Crippen LogP contribution is -2.45. The molecule has 2 atom stereocenters. The quantitative estimate of drug-likeness (QED) is 0.0417. The molecule has 0 aliphatic carbocycles. The number of esters is 1. The Bertz CT molecular complexity index is 990. The molecule has 3 N–H and O–H groups in total. The van der Waals surface area contributed by atoms with E-state index in [1.54, 1.807) is 0 Å². The van der Waals surface area contributed by atoms with E-state index in [1.165, 1.54) is 295 Å². The normalized spacial score (nSPS) is 12.5. The van der Waals surface area contributed by atoms with Gasteiger partial charge in [-0.25, -0.2) is 0 Å². The number of carbonyl (C=O) groups is 2. The van der Waals surface area contributed by atoms with Gasteiger partial charge in [0.25, 0.3) is 0 Å². The Morgan fingerprint density at radius 2 is 0.594 bits per heavy atom. The number of rotatable bonds is 60. The van der Waals surface area contributed by atoms with Crippen LogP contribution in [0.15, 0.2) is 0 Å². The van der Waals surface area contributed by atoms with E-state index in [0.717, 1.165) is 38.5 Å². The number of unbranched alkanes of at least 4 members (excludes halogenated alkanes) is 49. The molecule has 69 heavy (non-hydrogen) atoms. The molecule has 0 spiro atoms. The van der Waals surface area contributed by atoms with Gasteiger partial charge < -0.3 is 20.3 Å². The van der Waals surface area contributed by atoms with Gasteiger partial charge in [0.2, 0.25) is 5.91 Å². The van der Waals surface area contributed by atoms with Crippen LogP contribution in [0.25, 0.3) is 0 Å². The lowest BCUT2D eigenvalue weighted by Gasteiger charge is -2.22. The zero-order chi connectivity index (χ0) is 50.0. The third-order valence-electron chi connectivity index (χ3n) is 15.2. The van der Waals surface area contributed by atoms with E-state index in [4.69, 9.17) is 4.74 Å². The van der Waals surface area contributed by atoms with Crippen molar-refractivity contribution in [2.75, 3.05) is 13.2 Å². The van der Waals surface area contributed by atoms with Crippen molar-refractivity contribution in [3.8, 4) is 0 Å². The molecule has 0 aromatic heterocycles. The van der Waals surface area contributed by atoms with Crippen LogP contribution < -0.4 is 5.32 Å². The van der Waals surface area contributed by atoms with Gasteiger partial charge in [0.15, 0.2) is 0 Å². The summed E-state index contributed by atoms with van der Waals surface area (Å²) in [5.74, 6) is -0.0132. The van der Waals surface area contributed by atoms with Crippen molar-refractivity contribution in [1.29, 1.82) is 0 Å². The number of hydrogen-bond donors (Lipinski definition) is 3. The zero-order valence-corrected chi connectivity index (χ0v) is 47.1. The SMILES string of the molecule is CCCCCCCCCCCCCCCCCCC(=O)OCCCCCCCCCCCCCCCCCCCCCCCCCC(=O)NC(CO)C(O)CCCCCCCCCCCCCCC. The van der Waals surface area contributed by atoms with Crippen molar-refractivity contribution < 1.29 is 24.5 Å². The summed E-state index contributed by atoms with van der Waals surface area (Å²) >= 11 is 0. The van der Waals surface area contributed by atoms with Gasteiger partial charge in [0.1, 0.15) is 0 Å². The van der Waals surface area contributed by atoms with E-state index in [-0.39, 0.29) is 18.5 Å². The van der Waals surface area contributed by atoms with Crippen LogP contribution in [0.2, 0.25) is 0 Å². The minimum atomic E-state index is -0.662. The van der Waals surface area contributed by atoms with Gasteiger partial charge in [-0.05, 0) is 25.7 Å². The highest BCUT2D eigenvalue weighted by Gasteiger charge is 2.20. The Hall–Kier alpha value is -1.14. The van der Waals surface area contributed by atoms with Crippen LogP contribution in [-0.4, -0.2) is 47.4 Å². The zero-order valence-electron chi connectivity index (χ0n) is 47.1. The molecule has 0 radical (unpaired) electrons. The average molecular weight is 977 g/mol. The molecule has 0 rings (SSSR count). The van der Waals surface area contributed by atoms with E-state index < -0.39 is 12.1 Å². The molecule has 0 saturated heterocycles. The minimum absolute atomic E-state index is 0.0189. The molecule has 412 valence electrons. The van der Waals surface area contributed by atoms with Crippen molar-refractivity contribution >= 4 is 11.9 Å². The summed E-state index contributed by atoms with van der Waals surface area (Å²) in [6.07, 6.45) is 69.8.